The molecule has 1 saturated heterocycles. The van der Waals surface area contributed by atoms with Gasteiger partial charge in [0.2, 0.25) is 0 Å². The summed E-state index contributed by atoms with van der Waals surface area (Å²) in [5.74, 6) is 0.768. The van der Waals surface area contributed by atoms with Gasteiger partial charge in [-0.15, -0.1) is 0 Å². The number of anilines is 1. The first-order chi connectivity index (χ1) is 13.8. The first-order valence-electron chi connectivity index (χ1n) is 10.1. The molecule has 3 N–H and O–H groups in total. The molecular formula is C23H30ClN3O2. The molecule has 0 aromatic heterocycles. The highest BCUT2D eigenvalue weighted by Gasteiger charge is 2.18. The van der Waals surface area contributed by atoms with E-state index in [-0.39, 0.29) is 17.3 Å². The first kappa shape index (κ1) is 21.5. The van der Waals surface area contributed by atoms with Crippen molar-refractivity contribution in [3.05, 3.63) is 58.6 Å². The number of halogens is 1. The lowest BCUT2D eigenvalue weighted by Gasteiger charge is -2.21. The van der Waals surface area contributed by atoms with E-state index in [0.717, 1.165) is 30.6 Å². The standard InChI is InChI=1S/C23H30ClN3O2/c1-23(2,3)17-10-11-21(28)20(13-17)27-22(26-15-18-8-6-12-29-18)25-14-16-7-4-5-9-19(16)24/h4-5,7,9-11,13,18,28H,6,8,12,14-15H2,1-3H3,(H2,25,26,27). The molecule has 0 saturated carbocycles. The van der Waals surface area contributed by atoms with Crippen molar-refractivity contribution in [3.8, 4) is 5.75 Å². The average Bonchev–Trinajstić information content (AvgIpc) is 3.19. The smallest absolute Gasteiger partial charge is 0.196 e. The van der Waals surface area contributed by atoms with Crippen molar-refractivity contribution in [1.29, 1.82) is 0 Å². The van der Waals surface area contributed by atoms with Gasteiger partial charge in [0.05, 0.1) is 18.3 Å². The van der Waals surface area contributed by atoms with Crippen molar-refractivity contribution >= 4 is 23.2 Å². The largest absolute Gasteiger partial charge is 0.506 e. The lowest BCUT2D eigenvalue weighted by molar-refractivity contribution is 0.114. The van der Waals surface area contributed by atoms with E-state index >= 15 is 0 Å². The van der Waals surface area contributed by atoms with Crippen LogP contribution in [0.25, 0.3) is 0 Å². The number of aliphatic imine (C=N–C) groups is 1. The molecular weight excluding hydrogens is 386 g/mol. The van der Waals surface area contributed by atoms with Gasteiger partial charge in [-0.3, -0.25) is 0 Å². The fraction of sp³-hybridized carbons (Fsp3) is 0.435. The summed E-state index contributed by atoms with van der Waals surface area (Å²) < 4.78 is 5.71. The predicted molar refractivity (Wildman–Crippen MR) is 120 cm³/mol. The van der Waals surface area contributed by atoms with E-state index in [1.165, 1.54) is 0 Å². The Morgan fingerprint density at radius 2 is 2.03 bits per heavy atom. The summed E-state index contributed by atoms with van der Waals surface area (Å²) in [6.45, 7) is 8.33. The molecule has 1 atom stereocenters. The van der Waals surface area contributed by atoms with Crippen LogP contribution in [-0.4, -0.2) is 30.3 Å². The minimum Gasteiger partial charge on any atom is -0.506 e. The van der Waals surface area contributed by atoms with Crippen LogP contribution in [0, 0.1) is 0 Å². The molecule has 3 rings (SSSR count). The van der Waals surface area contributed by atoms with Crippen LogP contribution in [0.2, 0.25) is 5.02 Å². The molecule has 2 aromatic carbocycles. The van der Waals surface area contributed by atoms with Crippen LogP contribution in [0.4, 0.5) is 5.69 Å². The van der Waals surface area contributed by atoms with Gasteiger partial charge in [0, 0.05) is 18.2 Å². The van der Waals surface area contributed by atoms with Crippen LogP contribution >= 0.6 is 11.6 Å². The molecule has 0 amide bonds. The number of phenolic OH excluding ortho intramolecular Hbond substituents is 1. The highest BCUT2D eigenvalue weighted by atomic mass is 35.5. The summed E-state index contributed by atoms with van der Waals surface area (Å²) in [6, 6.07) is 13.3. The minimum atomic E-state index is -0.0237. The van der Waals surface area contributed by atoms with Gasteiger partial charge in [0.25, 0.3) is 0 Å². The van der Waals surface area contributed by atoms with E-state index in [1.54, 1.807) is 6.07 Å². The second-order valence-corrected chi connectivity index (χ2v) is 8.79. The van der Waals surface area contributed by atoms with Crippen molar-refractivity contribution in [2.45, 2.75) is 51.7 Å². The molecule has 5 nitrogen and oxygen atoms in total. The number of hydrogen-bond acceptors (Lipinski definition) is 3. The molecule has 156 valence electrons. The summed E-state index contributed by atoms with van der Waals surface area (Å²) in [5, 5.41) is 17.7. The van der Waals surface area contributed by atoms with Gasteiger partial charge in [-0.05, 0) is 47.6 Å². The molecule has 0 aliphatic carbocycles. The van der Waals surface area contributed by atoms with Gasteiger partial charge in [0.15, 0.2) is 5.96 Å². The Kier molecular flexibility index (Phi) is 7.04. The van der Waals surface area contributed by atoms with E-state index in [0.29, 0.717) is 29.8 Å². The zero-order valence-corrected chi connectivity index (χ0v) is 18.1. The summed E-state index contributed by atoms with van der Waals surface area (Å²) in [6.07, 6.45) is 2.30. The highest BCUT2D eigenvalue weighted by Crippen LogP contribution is 2.30. The molecule has 6 heteroatoms. The quantitative estimate of drug-likeness (QED) is 0.362. The van der Waals surface area contributed by atoms with Crippen LogP contribution in [0.3, 0.4) is 0 Å². The Morgan fingerprint density at radius 1 is 1.24 bits per heavy atom. The predicted octanol–water partition coefficient (Wildman–Crippen LogP) is 5.08. The van der Waals surface area contributed by atoms with E-state index in [9.17, 15) is 5.11 Å². The number of rotatable bonds is 5. The Balaban J connectivity index is 1.80. The fourth-order valence-electron chi connectivity index (χ4n) is 3.18. The second-order valence-electron chi connectivity index (χ2n) is 8.38. The van der Waals surface area contributed by atoms with Crippen molar-refractivity contribution in [3.63, 3.8) is 0 Å². The Labute approximate surface area is 178 Å². The van der Waals surface area contributed by atoms with Gasteiger partial charge in [-0.2, -0.15) is 0 Å². The van der Waals surface area contributed by atoms with Gasteiger partial charge in [-0.1, -0.05) is 56.6 Å². The number of benzene rings is 2. The summed E-state index contributed by atoms with van der Waals surface area (Å²) in [5.41, 5.74) is 2.67. The number of guanidine groups is 1. The Bertz CT molecular complexity index is 855. The van der Waals surface area contributed by atoms with Crippen molar-refractivity contribution in [2.75, 3.05) is 18.5 Å². The normalized spacial score (nSPS) is 17.4. The lowest BCUT2D eigenvalue weighted by Crippen LogP contribution is -2.36. The Morgan fingerprint density at radius 3 is 2.72 bits per heavy atom. The van der Waals surface area contributed by atoms with Crippen molar-refractivity contribution < 1.29 is 9.84 Å². The number of hydrogen-bond donors (Lipinski definition) is 3. The maximum atomic E-state index is 10.4. The zero-order chi connectivity index (χ0) is 20.9. The van der Waals surface area contributed by atoms with Gasteiger partial charge in [-0.25, -0.2) is 4.99 Å². The summed E-state index contributed by atoms with van der Waals surface area (Å²) in [7, 11) is 0. The number of ether oxygens (including phenoxy) is 1. The van der Waals surface area contributed by atoms with Gasteiger partial charge >= 0.3 is 0 Å². The maximum Gasteiger partial charge on any atom is 0.196 e. The van der Waals surface area contributed by atoms with Gasteiger partial charge < -0.3 is 20.5 Å². The van der Waals surface area contributed by atoms with E-state index < -0.39 is 0 Å². The number of nitrogens with one attached hydrogen (secondary N) is 2. The van der Waals surface area contributed by atoms with Crippen LogP contribution in [0.15, 0.2) is 47.5 Å². The fourth-order valence-corrected chi connectivity index (χ4v) is 3.37. The minimum absolute atomic E-state index is 0.0237. The average molecular weight is 416 g/mol. The topological polar surface area (TPSA) is 65.9 Å². The van der Waals surface area contributed by atoms with Crippen molar-refractivity contribution in [1.82, 2.24) is 5.32 Å². The monoisotopic (exact) mass is 415 g/mol. The van der Waals surface area contributed by atoms with Crippen LogP contribution in [-0.2, 0) is 16.7 Å². The van der Waals surface area contributed by atoms with Crippen LogP contribution in [0.5, 0.6) is 5.75 Å². The highest BCUT2D eigenvalue weighted by molar-refractivity contribution is 6.31. The molecule has 0 radical (unpaired) electrons. The van der Waals surface area contributed by atoms with Crippen LogP contribution in [0.1, 0.15) is 44.7 Å². The van der Waals surface area contributed by atoms with Gasteiger partial charge in [0.1, 0.15) is 5.75 Å². The molecule has 1 heterocycles. The van der Waals surface area contributed by atoms with E-state index in [2.05, 4.69) is 36.4 Å². The Hall–Kier alpha value is -2.24. The van der Waals surface area contributed by atoms with E-state index in [4.69, 9.17) is 16.3 Å². The first-order valence-corrected chi connectivity index (χ1v) is 10.4. The third-order valence-electron chi connectivity index (χ3n) is 5.00. The second kappa shape index (κ2) is 9.51. The third-order valence-corrected chi connectivity index (χ3v) is 5.37. The summed E-state index contributed by atoms with van der Waals surface area (Å²) in [4.78, 5) is 4.69. The molecule has 1 unspecified atom stereocenters. The molecule has 1 aliphatic rings. The number of phenols is 1. The van der Waals surface area contributed by atoms with Crippen molar-refractivity contribution in [2.24, 2.45) is 4.99 Å². The van der Waals surface area contributed by atoms with E-state index in [1.807, 2.05) is 36.4 Å². The molecule has 1 fully saturated rings. The van der Waals surface area contributed by atoms with Crippen LogP contribution < -0.4 is 10.6 Å². The summed E-state index contributed by atoms with van der Waals surface area (Å²) >= 11 is 6.27. The number of aromatic hydroxyl groups is 1. The molecule has 29 heavy (non-hydrogen) atoms. The lowest BCUT2D eigenvalue weighted by atomic mass is 9.87. The maximum absolute atomic E-state index is 10.4. The molecule has 0 bridgehead atoms. The number of nitrogens with zero attached hydrogens (tertiary/aromatic N) is 1. The SMILES string of the molecule is CC(C)(C)c1ccc(O)c(NC(=NCc2ccccc2Cl)NCC2CCCO2)c1. The molecule has 2 aromatic rings. The third kappa shape index (κ3) is 6.12. The zero-order valence-electron chi connectivity index (χ0n) is 17.3. The molecule has 1 aliphatic heterocycles. The molecule has 0 spiro atoms.